The number of aromatic nitrogens is 2. The Kier molecular flexibility index (Phi) is 2.79. The Morgan fingerprint density at radius 2 is 2.05 bits per heavy atom. The summed E-state index contributed by atoms with van der Waals surface area (Å²) in [5.74, 6) is 1.47. The zero-order valence-electron chi connectivity index (χ0n) is 10.3. The summed E-state index contributed by atoms with van der Waals surface area (Å²) in [7, 11) is 0. The van der Waals surface area contributed by atoms with Gasteiger partial charge in [0.1, 0.15) is 17.7 Å². The highest BCUT2D eigenvalue weighted by molar-refractivity contribution is 5.60. The molecule has 1 aliphatic heterocycles. The first-order valence-electron chi connectivity index (χ1n) is 6.03. The number of hydrogen-bond acceptors (Lipinski definition) is 5. The molecule has 96 valence electrons. The lowest BCUT2D eigenvalue weighted by Gasteiger charge is -2.21. The van der Waals surface area contributed by atoms with E-state index < -0.39 is 0 Å². The first-order chi connectivity index (χ1) is 9.22. The first kappa shape index (κ1) is 11.5. The number of fused-ring (bicyclic) bond motifs is 1. The molecular weight excluding hydrogens is 240 g/mol. The van der Waals surface area contributed by atoms with Gasteiger partial charge in [0.2, 0.25) is 5.95 Å². The summed E-state index contributed by atoms with van der Waals surface area (Å²) in [6.45, 7) is 0. The standard InChI is InChI=1S/C14H14N4O/c15-13-10(8-17-14(16)18-13)7-11-6-5-9-3-1-2-4-12(9)19-11/h1-6,8,11H,7H2,(H4,15,16,17,18). The number of nitrogens with zero attached hydrogens (tertiary/aromatic N) is 2. The lowest BCUT2D eigenvalue weighted by Crippen LogP contribution is -2.20. The Labute approximate surface area is 110 Å². The van der Waals surface area contributed by atoms with Gasteiger partial charge in [0, 0.05) is 23.7 Å². The van der Waals surface area contributed by atoms with E-state index in [1.807, 2.05) is 30.3 Å². The van der Waals surface area contributed by atoms with Gasteiger partial charge in [-0.25, -0.2) is 4.98 Å². The van der Waals surface area contributed by atoms with E-state index in [-0.39, 0.29) is 12.1 Å². The fraction of sp³-hybridized carbons (Fsp3) is 0.143. The molecule has 0 bridgehead atoms. The van der Waals surface area contributed by atoms with E-state index in [9.17, 15) is 0 Å². The number of ether oxygens (including phenoxy) is 1. The van der Waals surface area contributed by atoms with E-state index in [1.54, 1.807) is 6.20 Å². The van der Waals surface area contributed by atoms with Crippen molar-refractivity contribution in [2.75, 3.05) is 11.5 Å². The average molecular weight is 254 g/mol. The number of rotatable bonds is 2. The highest BCUT2D eigenvalue weighted by atomic mass is 16.5. The summed E-state index contributed by atoms with van der Waals surface area (Å²) in [5, 5.41) is 0. The van der Waals surface area contributed by atoms with Crippen molar-refractivity contribution in [2.24, 2.45) is 0 Å². The van der Waals surface area contributed by atoms with Crippen molar-refractivity contribution in [1.29, 1.82) is 0 Å². The van der Waals surface area contributed by atoms with E-state index in [0.29, 0.717) is 12.2 Å². The quantitative estimate of drug-likeness (QED) is 0.851. The van der Waals surface area contributed by atoms with Gasteiger partial charge < -0.3 is 16.2 Å². The number of nitrogen functional groups attached to an aromatic ring is 2. The summed E-state index contributed by atoms with van der Waals surface area (Å²) in [5.41, 5.74) is 13.2. The molecule has 0 amide bonds. The number of benzene rings is 1. The molecule has 5 heteroatoms. The lowest BCUT2D eigenvalue weighted by atomic mass is 10.1. The van der Waals surface area contributed by atoms with Crippen LogP contribution in [0.25, 0.3) is 6.08 Å². The van der Waals surface area contributed by atoms with Gasteiger partial charge in [-0.2, -0.15) is 4.98 Å². The van der Waals surface area contributed by atoms with Gasteiger partial charge in [0.05, 0.1) is 0 Å². The van der Waals surface area contributed by atoms with Crippen LogP contribution in [0.5, 0.6) is 5.75 Å². The second-order valence-electron chi connectivity index (χ2n) is 4.40. The molecule has 5 nitrogen and oxygen atoms in total. The van der Waals surface area contributed by atoms with Crippen LogP contribution in [-0.4, -0.2) is 16.1 Å². The predicted octanol–water partition coefficient (Wildman–Crippen LogP) is 1.66. The second kappa shape index (κ2) is 4.61. The van der Waals surface area contributed by atoms with E-state index in [4.69, 9.17) is 16.2 Å². The molecule has 0 radical (unpaired) electrons. The third kappa shape index (κ3) is 2.35. The van der Waals surface area contributed by atoms with Crippen molar-refractivity contribution in [3.63, 3.8) is 0 Å². The monoisotopic (exact) mass is 254 g/mol. The third-order valence-electron chi connectivity index (χ3n) is 3.03. The lowest BCUT2D eigenvalue weighted by molar-refractivity contribution is 0.246. The van der Waals surface area contributed by atoms with Gasteiger partial charge in [0.15, 0.2) is 0 Å². The van der Waals surface area contributed by atoms with Crippen LogP contribution in [0.2, 0.25) is 0 Å². The van der Waals surface area contributed by atoms with Crippen LogP contribution >= 0.6 is 0 Å². The van der Waals surface area contributed by atoms with Crippen molar-refractivity contribution in [3.8, 4) is 5.75 Å². The van der Waals surface area contributed by atoms with Crippen LogP contribution in [0.1, 0.15) is 11.1 Å². The predicted molar refractivity (Wildman–Crippen MR) is 74.5 cm³/mol. The molecule has 3 rings (SSSR count). The van der Waals surface area contributed by atoms with Gasteiger partial charge in [-0.05, 0) is 12.1 Å². The van der Waals surface area contributed by atoms with Crippen LogP contribution in [0.15, 0.2) is 36.5 Å². The second-order valence-corrected chi connectivity index (χ2v) is 4.40. The molecule has 1 aromatic carbocycles. The number of anilines is 2. The smallest absolute Gasteiger partial charge is 0.221 e. The molecule has 0 saturated heterocycles. The Bertz CT molecular complexity index is 639. The Balaban J connectivity index is 1.79. The van der Waals surface area contributed by atoms with Gasteiger partial charge in [0.25, 0.3) is 0 Å². The highest BCUT2D eigenvalue weighted by Gasteiger charge is 2.16. The van der Waals surface area contributed by atoms with Crippen LogP contribution in [0.4, 0.5) is 11.8 Å². The molecule has 4 N–H and O–H groups in total. The fourth-order valence-electron chi connectivity index (χ4n) is 2.06. The highest BCUT2D eigenvalue weighted by Crippen LogP contribution is 2.27. The largest absolute Gasteiger partial charge is 0.485 e. The van der Waals surface area contributed by atoms with Crippen LogP contribution in [0.3, 0.4) is 0 Å². The molecule has 2 aromatic rings. The van der Waals surface area contributed by atoms with E-state index in [0.717, 1.165) is 16.9 Å². The SMILES string of the molecule is Nc1ncc(CC2C=Cc3ccccc3O2)c(N)n1. The van der Waals surface area contributed by atoms with Crippen molar-refractivity contribution in [1.82, 2.24) is 9.97 Å². The van der Waals surface area contributed by atoms with Gasteiger partial charge in [-0.3, -0.25) is 0 Å². The van der Waals surface area contributed by atoms with Crippen molar-refractivity contribution in [2.45, 2.75) is 12.5 Å². The number of hydrogen-bond donors (Lipinski definition) is 2. The Hall–Kier alpha value is -2.56. The average Bonchev–Trinajstić information content (AvgIpc) is 2.42. The molecule has 0 spiro atoms. The molecule has 1 aliphatic rings. The van der Waals surface area contributed by atoms with Gasteiger partial charge in [-0.1, -0.05) is 24.3 Å². The zero-order chi connectivity index (χ0) is 13.2. The van der Waals surface area contributed by atoms with E-state index in [1.165, 1.54) is 0 Å². The van der Waals surface area contributed by atoms with Crippen molar-refractivity contribution < 1.29 is 4.74 Å². The molecule has 1 aromatic heterocycles. The minimum Gasteiger partial charge on any atom is -0.485 e. The van der Waals surface area contributed by atoms with Crippen LogP contribution < -0.4 is 16.2 Å². The van der Waals surface area contributed by atoms with E-state index >= 15 is 0 Å². The van der Waals surface area contributed by atoms with Crippen LogP contribution in [0, 0.1) is 0 Å². The maximum atomic E-state index is 5.89. The summed E-state index contributed by atoms with van der Waals surface area (Å²) in [6.07, 6.45) is 6.27. The molecule has 0 saturated carbocycles. The Morgan fingerprint density at radius 3 is 2.89 bits per heavy atom. The molecule has 1 unspecified atom stereocenters. The molecular formula is C14H14N4O. The number of para-hydroxylation sites is 1. The maximum Gasteiger partial charge on any atom is 0.221 e. The molecule has 19 heavy (non-hydrogen) atoms. The maximum absolute atomic E-state index is 5.89. The summed E-state index contributed by atoms with van der Waals surface area (Å²) < 4.78 is 5.89. The summed E-state index contributed by atoms with van der Waals surface area (Å²) in [6, 6.07) is 7.91. The van der Waals surface area contributed by atoms with Gasteiger partial charge >= 0.3 is 0 Å². The fourth-order valence-corrected chi connectivity index (χ4v) is 2.06. The normalized spacial score (nSPS) is 16.7. The molecule has 0 aliphatic carbocycles. The molecule has 1 atom stereocenters. The minimum atomic E-state index is -0.0653. The van der Waals surface area contributed by atoms with Gasteiger partial charge in [-0.15, -0.1) is 0 Å². The topological polar surface area (TPSA) is 87.0 Å². The summed E-state index contributed by atoms with van der Waals surface area (Å²) >= 11 is 0. The minimum absolute atomic E-state index is 0.0653. The molecule has 2 heterocycles. The first-order valence-corrected chi connectivity index (χ1v) is 6.03. The summed E-state index contributed by atoms with van der Waals surface area (Å²) in [4.78, 5) is 7.90. The third-order valence-corrected chi connectivity index (χ3v) is 3.03. The molecule has 0 fully saturated rings. The number of nitrogens with two attached hydrogens (primary N) is 2. The Morgan fingerprint density at radius 1 is 1.21 bits per heavy atom. The van der Waals surface area contributed by atoms with Crippen LogP contribution in [-0.2, 0) is 6.42 Å². The van der Waals surface area contributed by atoms with E-state index in [2.05, 4.69) is 16.0 Å². The zero-order valence-corrected chi connectivity index (χ0v) is 10.3. The van der Waals surface area contributed by atoms with Crippen molar-refractivity contribution >= 4 is 17.8 Å². The van der Waals surface area contributed by atoms with Crippen molar-refractivity contribution in [3.05, 3.63) is 47.7 Å².